The molecule has 0 aliphatic carbocycles. The van der Waals surface area contributed by atoms with Gasteiger partial charge in [-0.25, -0.2) is 4.79 Å². The van der Waals surface area contributed by atoms with Crippen LogP contribution in [0.4, 0.5) is 0 Å². The van der Waals surface area contributed by atoms with Gasteiger partial charge in [-0.1, -0.05) is 23.7 Å². The standard InChI is InChI=1S/C16H20ClN3O3/c1-10(14(21)11-4-6-13(17)7-5-11)18-8-12-9-19(2)16(23)20(3)15(12)22/h4-7,9-10,14,18,21H,8H2,1-3H3. The van der Waals surface area contributed by atoms with Crippen LogP contribution in [0, 0.1) is 0 Å². The Hall–Kier alpha value is -1.89. The van der Waals surface area contributed by atoms with Gasteiger partial charge >= 0.3 is 5.69 Å². The number of hydrogen-bond acceptors (Lipinski definition) is 4. The van der Waals surface area contributed by atoms with Crippen molar-refractivity contribution in [3.63, 3.8) is 0 Å². The van der Waals surface area contributed by atoms with Crippen LogP contribution in [0.5, 0.6) is 0 Å². The van der Waals surface area contributed by atoms with E-state index in [2.05, 4.69) is 5.32 Å². The fourth-order valence-corrected chi connectivity index (χ4v) is 2.46. The summed E-state index contributed by atoms with van der Waals surface area (Å²) < 4.78 is 2.43. The predicted molar refractivity (Wildman–Crippen MR) is 89.6 cm³/mol. The summed E-state index contributed by atoms with van der Waals surface area (Å²) in [5, 5.41) is 14.1. The number of hydrogen-bond donors (Lipinski definition) is 2. The Balaban J connectivity index is 2.10. The fraction of sp³-hybridized carbons (Fsp3) is 0.375. The van der Waals surface area contributed by atoms with E-state index in [1.807, 2.05) is 6.92 Å². The summed E-state index contributed by atoms with van der Waals surface area (Å²) >= 11 is 5.83. The lowest BCUT2D eigenvalue weighted by Gasteiger charge is -2.21. The summed E-state index contributed by atoms with van der Waals surface area (Å²) in [5.74, 6) is 0. The van der Waals surface area contributed by atoms with E-state index >= 15 is 0 Å². The summed E-state index contributed by atoms with van der Waals surface area (Å²) in [6.45, 7) is 2.08. The molecule has 0 radical (unpaired) electrons. The van der Waals surface area contributed by atoms with Crippen molar-refractivity contribution in [1.82, 2.24) is 14.5 Å². The van der Waals surface area contributed by atoms with Gasteiger partial charge in [-0.2, -0.15) is 0 Å². The van der Waals surface area contributed by atoms with Gasteiger partial charge < -0.3 is 15.0 Å². The molecule has 0 fully saturated rings. The normalized spacial score (nSPS) is 13.8. The maximum Gasteiger partial charge on any atom is 0.330 e. The summed E-state index contributed by atoms with van der Waals surface area (Å²) in [7, 11) is 3.04. The average Bonchev–Trinajstić information content (AvgIpc) is 2.54. The number of aliphatic hydroxyl groups excluding tert-OH is 1. The second kappa shape index (κ2) is 7.12. The second-order valence-corrected chi connectivity index (χ2v) is 6.01. The quantitative estimate of drug-likeness (QED) is 0.851. The molecule has 2 unspecified atom stereocenters. The van der Waals surface area contributed by atoms with E-state index in [4.69, 9.17) is 11.6 Å². The van der Waals surface area contributed by atoms with E-state index in [1.54, 1.807) is 31.3 Å². The molecule has 7 heteroatoms. The van der Waals surface area contributed by atoms with E-state index < -0.39 is 6.10 Å². The maximum absolute atomic E-state index is 12.1. The average molecular weight is 338 g/mol. The lowest BCUT2D eigenvalue weighted by molar-refractivity contribution is 0.135. The highest BCUT2D eigenvalue weighted by molar-refractivity contribution is 6.30. The van der Waals surface area contributed by atoms with Crippen LogP contribution in [0.15, 0.2) is 40.1 Å². The summed E-state index contributed by atoms with van der Waals surface area (Å²) in [5.41, 5.74) is 0.495. The van der Waals surface area contributed by atoms with E-state index in [9.17, 15) is 14.7 Å². The van der Waals surface area contributed by atoms with E-state index in [0.29, 0.717) is 10.6 Å². The topological polar surface area (TPSA) is 76.3 Å². The summed E-state index contributed by atoms with van der Waals surface area (Å²) in [6, 6.07) is 6.68. The molecule has 6 nitrogen and oxygen atoms in total. The highest BCUT2D eigenvalue weighted by Gasteiger charge is 2.17. The SMILES string of the molecule is CC(NCc1cn(C)c(=O)n(C)c1=O)C(O)c1ccc(Cl)cc1. The molecule has 1 aromatic carbocycles. The van der Waals surface area contributed by atoms with Crippen molar-refractivity contribution in [3.8, 4) is 0 Å². The van der Waals surface area contributed by atoms with E-state index in [0.717, 1.165) is 10.1 Å². The molecular formula is C16H20ClN3O3. The van der Waals surface area contributed by atoms with Crippen LogP contribution in [0.25, 0.3) is 0 Å². The van der Waals surface area contributed by atoms with Gasteiger partial charge in [0.15, 0.2) is 0 Å². The first-order valence-electron chi connectivity index (χ1n) is 7.23. The van der Waals surface area contributed by atoms with Gasteiger partial charge in [0.2, 0.25) is 0 Å². The smallest absolute Gasteiger partial charge is 0.330 e. The third kappa shape index (κ3) is 3.90. The molecule has 0 aliphatic rings. The van der Waals surface area contributed by atoms with Gasteiger partial charge in [-0.15, -0.1) is 0 Å². The summed E-state index contributed by atoms with van der Waals surface area (Å²) in [4.78, 5) is 23.7. The molecule has 2 N–H and O–H groups in total. The van der Waals surface area contributed by atoms with Crippen molar-refractivity contribution < 1.29 is 5.11 Å². The van der Waals surface area contributed by atoms with Crippen LogP contribution >= 0.6 is 11.6 Å². The highest BCUT2D eigenvalue weighted by atomic mass is 35.5. The van der Waals surface area contributed by atoms with Crippen LogP contribution in [0.3, 0.4) is 0 Å². The number of aliphatic hydroxyl groups is 1. The molecule has 2 rings (SSSR count). The molecule has 124 valence electrons. The molecule has 2 aromatic rings. The van der Waals surface area contributed by atoms with Crippen molar-refractivity contribution in [2.24, 2.45) is 14.1 Å². The van der Waals surface area contributed by atoms with Gasteiger partial charge in [0.25, 0.3) is 5.56 Å². The molecule has 0 amide bonds. The van der Waals surface area contributed by atoms with Gasteiger partial charge in [-0.05, 0) is 24.6 Å². The monoisotopic (exact) mass is 337 g/mol. The van der Waals surface area contributed by atoms with E-state index in [1.165, 1.54) is 17.8 Å². The molecule has 1 aromatic heterocycles. The Morgan fingerprint density at radius 2 is 1.83 bits per heavy atom. The van der Waals surface area contributed by atoms with Crippen LogP contribution < -0.4 is 16.6 Å². The van der Waals surface area contributed by atoms with Gasteiger partial charge in [0.1, 0.15) is 0 Å². The number of aryl methyl sites for hydroxylation is 1. The number of rotatable bonds is 5. The van der Waals surface area contributed by atoms with Crippen molar-refractivity contribution >= 4 is 11.6 Å². The number of aromatic nitrogens is 2. The first-order valence-corrected chi connectivity index (χ1v) is 7.61. The Kier molecular flexibility index (Phi) is 5.41. The molecule has 0 aliphatic heterocycles. The Labute approximate surface area is 139 Å². The van der Waals surface area contributed by atoms with Crippen LogP contribution in [-0.2, 0) is 20.6 Å². The maximum atomic E-state index is 12.1. The predicted octanol–water partition coefficient (Wildman–Crippen LogP) is 0.949. The zero-order valence-corrected chi connectivity index (χ0v) is 14.0. The number of halogens is 1. The Morgan fingerprint density at radius 3 is 2.43 bits per heavy atom. The largest absolute Gasteiger partial charge is 0.387 e. The minimum atomic E-state index is -0.733. The van der Waals surface area contributed by atoms with Crippen molar-refractivity contribution in [3.05, 3.63) is 67.4 Å². The van der Waals surface area contributed by atoms with Crippen molar-refractivity contribution in [2.75, 3.05) is 0 Å². The zero-order valence-electron chi connectivity index (χ0n) is 13.3. The molecule has 1 heterocycles. The zero-order chi connectivity index (χ0) is 17.1. The van der Waals surface area contributed by atoms with Gasteiger partial charge in [-0.3, -0.25) is 9.36 Å². The second-order valence-electron chi connectivity index (χ2n) is 5.58. The minimum Gasteiger partial charge on any atom is -0.387 e. The lowest BCUT2D eigenvalue weighted by atomic mass is 10.0. The fourth-order valence-electron chi connectivity index (χ4n) is 2.34. The van der Waals surface area contributed by atoms with E-state index in [-0.39, 0.29) is 23.8 Å². The Morgan fingerprint density at radius 1 is 1.22 bits per heavy atom. The highest BCUT2D eigenvalue weighted by Crippen LogP contribution is 2.19. The first-order chi connectivity index (χ1) is 10.8. The lowest BCUT2D eigenvalue weighted by Crippen LogP contribution is -2.41. The van der Waals surface area contributed by atoms with Gasteiger partial charge in [0.05, 0.1) is 6.10 Å². The molecule has 0 saturated carbocycles. The van der Waals surface area contributed by atoms with Crippen molar-refractivity contribution in [1.29, 1.82) is 0 Å². The molecule has 2 atom stereocenters. The number of benzene rings is 1. The molecule has 23 heavy (non-hydrogen) atoms. The molecule has 0 spiro atoms. The Bertz CT molecular complexity index is 796. The third-order valence-electron chi connectivity index (χ3n) is 3.82. The molecular weight excluding hydrogens is 318 g/mol. The third-order valence-corrected chi connectivity index (χ3v) is 4.07. The first kappa shape index (κ1) is 17.5. The summed E-state index contributed by atoms with van der Waals surface area (Å²) in [6.07, 6.45) is 0.780. The number of nitrogens with zero attached hydrogens (tertiary/aromatic N) is 2. The molecule has 0 saturated heterocycles. The van der Waals surface area contributed by atoms with Crippen LogP contribution in [0.2, 0.25) is 5.02 Å². The van der Waals surface area contributed by atoms with Crippen LogP contribution in [0.1, 0.15) is 24.2 Å². The minimum absolute atomic E-state index is 0.257. The van der Waals surface area contributed by atoms with Crippen molar-refractivity contribution in [2.45, 2.75) is 25.6 Å². The van der Waals surface area contributed by atoms with Gasteiger partial charge in [0, 0.05) is 43.5 Å². The van der Waals surface area contributed by atoms with Crippen LogP contribution in [-0.4, -0.2) is 20.3 Å². The number of nitrogens with one attached hydrogen (secondary N) is 1. The molecule has 0 bridgehead atoms.